The normalized spacial score (nSPS) is 9.38. The quantitative estimate of drug-likeness (QED) is 0.802. The summed E-state index contributed by atoms with van der Waals surface area (Å²) >= 11 is 5.11. The van der Waals surface area contributed by atoms with E-state index in [9.17, 15) is 4.79 Å². The summed E-state index contributed by atoms with van der Waals surface area (Å²) in [4.78, 5) is 12.8. The zero-order valence-corrected chi connectivity index (χ0v) is 10.1. The van der Waals surface area contributed by atoms with Crippen LogP contribution in [0.4, 0.5) is 10.5 Å². The molecule has 86 valence electrons. The predicted octanol–water partition coefficient (Wildman–Crippen LogP) is 2.15. The zero-order chi connectivity index (χ0) is 12.0. The van der Waals surface area contributed by atoms with Gasteiger partial charge in [0.1, 0.15) is 0 Å². The van der Waals surface area contributed by atoms with E-state index in [1.807, 2.05) is 42.2 Å². The number of methoxy groups -OCH3 is 1. The lowest BCUT2D eigenvalue weighted by molar-refractivity contribution is 0.177. The Hall–Kier alpha value is -1.62. The third-order valence-electron chi connectivity index (χ3n) is 2.02. The molecule has 0 aliphatic heterocycles. The van der Waals surface area contributed by atoms with Gasteiger partial charge in [-0.3, -0.25) is 5.32 Å². The van der Waals surface area contributed by atoms with Gasteiger partial charge >= 0.3 is 6.09 Å². The van der Waals surface area contributed by atoms with Crippen LogP contribution in [0.1, 0.15) is 6.92 Å². The molecule has 1 aromatic rings. The average Bonchev–Trinajstić information content (AvgIpc) is 2.31. The Kier molecular flexibility index (Phi) is 4.72. The topological polar surface area (TPSA) is 41.6 Å². The van der Waals surface area contributed by atoms with Gasteiger partial charge in [0, 0.05) is 12.2 Å². The number of amides is 1. The second kappa shape index (κ2) is 6.07. The Morgan fingerprint density at radius 2 is 2.06 bits per heavy atom. The average molecular weight is 238 g/mol. The standard InChI is InChI=1S/C11H14N2O2S/c1-3-13(9-7-5-4-6-8-9)10(16)12-11(14)15-2/h4-8H,3H2,1-2H3,(H,12,14,16). The predicted molar refractivity (Wildman–Crippen MR) is 67.6 cm³/mol. The van der Waals surface area contributed by atoms with E-state index in [-0.39, 0.29) is 0 Å². The number of nitrogens with zero attached hydrogens (tertiary/aromatic N) is 1. The minimum absolute atomic E-state index is 0.334. The number of nitrogens with one attached hydrogen (secondary N) is 1. The third-order valence-corrected chi connectivity index (χ3v) is 2.35. The molecule has 0 heterocycles. The van der Waals surface area contributed by atoms with Gasteiger partial charge in [0.15, 0.2) is 5.11 Å². The van der Waals surface area contributed by atoms with Gasteiger partial charge in [0.05, 0.1) is 7.11 Å². The molecule has 5 heteroatoms. The van der Waals surface area contributed by atoms with Crippen molar-refractivity contribution in [1.82, 2.24) is 5.32 Å². The molecule has 1 rings (SSSR count). The maximum Gasteiger partial charge on any atom is 0.413 e. The number of thiocarbonyl (C=S) groups is 1. The summed E-state index contributed by atoms with van der Waals surface area (Å²) in [6.07, 6.45) is -0.556. The number of rotatable bonds is 2. The Morgan fingerprint density at radius 3 is 2.56 bits per heavy atom. The van der Waals surface area contributed by atoms with Gasteiger partial charge in [-0.2, -0.15) is 0 Å². The number of hydrogen-bond acceptors (Lipinski definition) is 3. The van der Waals surface area contributed by atoms with Gasteiger partial charge < -0.3 is 9.64 Å². The number of carbonyl (C=O) groups is 1. The first-order chi connectivity index (χ1) is 7.69. The van der Waals surface area contributed by atoms with Gasteiger partial charge in [0.25, 0.3) is 0 Å². The highest BCUT2D eigenvalue weighted by Gasteiger charge is 2.12. The van der Waals surface area contributed by atoms with Gasteiger partial charge in [-0.25, -0.2) is 4.79 Å². The molecule has 1 aromatic carbocycles. The summed E-state index contributed by atoms with van der Waals surface area (Å²) in [5.41, 5.74) is 0.936. The lowest BCUT2D eigenvalue weighted by Crippen LogP contribution is -2.42. The molecule has 1 amide bonds. The molecule has 0 saturated heterocycles. The van der Waals surface area contributed by atoms with Crippen LogP contribution in [0.3, 0.4) is 0 Å². The van der Waals surface area contributed by atoms with E-state index in [0.717, 1.165) is 5.69 Å². The van der Waals surface area contributed by atoms with Crippen LogP contribution in [-0.4, -0.2) is 24.9 Å². The van der Waals surface area contributed by atoms with E-state index in [4.69, 9.17) is 12.2 Å². The molecule has 0 saturated carbocycles. The van der Waals surface area contributed by atoms with E-state index in [1.165, 1.54) is 7.11 Å². The monoisotopic (exact) mass is 238 g/mol. The first-order valence-electron chi connectivity index (χ1n) is 4.90. The maximum absolute atomic E-state index is 11.0. The molecule has 0 unspecified atom stereocenters. The maximum atomic E-state index is 11.0. The van der Waals surface area contributed by atoms with Crippen molar-refractivity contribution in [2.24, 2.45) is 0 Å². The van der Waals surface area contributed by atoms with Crippen LogP contribution in [0.25, 0.3) is 0 Å². The number of carbonyl (C=O) groups excluding carboxylic acids is 1. The minimum Gasteiger partial charge on any atom is -0.453 e. The van der Waals surface area contributed by atoms with Gasteiger partial charge in [-0.15, -0.1) is 0 Å². The number of anilines is 1. The van der Waals surface area contributed by atoms with Gasteiger partial charge in [-0.1, -0.05) is 18.2 Å². The van der Waals surface area contributed by atoms with Crippen molar-refractivity contribution < 1.29 is 9.53 Å². The van der Waals surface area contributed by atoms with Crippen molar-refractivity contribution >= 4 is 29.1 Å². The van der Waals surface area contributed by atoms with Gasteiger partial charge in [-0.05, 0) is 31.3 Å². The molecule has 1 N–H and O–H groups in total. The molecule has 0 atom stereocenters. The summed E-state index contributed by atoms with van der Waals surface area (Å²) in [5.74, 6) is 0. The summed E-state index contributed by atoms with van der Waals surface area (Å²) in [5, 5.41) is 2.81. The molecule has 0 aromatic heterocycles. The van der Waals surface area contributed by atoms with E-state index < -0.39 is 6.09 Å². The summed E-state index contributed by atoms with van der Waals surface area (Å²) < 4.78 is 4.49. The molecule has 4 nitrogen and oxygen atoms in total. The van der Waals surface area contributed by atoms with E-state index in [1.54, 1.807) is 0 Å². The molecule has 0 fully saturated rings. The van der Waals surface area contributed by atoms with Crippen LogP contribution < -0.4 is 10.2 Å². The van der Waals surface area contributed by atoms with Crippen LogP contribution >= 0.6 is 12.2 Å². The molecule has 0 radical (unpaired) electrons. The lowest BCUT2D eigenvalue weighted by Gasteiger charge is -2.23. The minimum atomic E-state index is -0.556. The molecular weight excluding hydrogens is 224 g/mol. The summed E-state index contributed by atoms with van der Waals surface area (Å²) in [7, 11) is 1.30. The molecule has 0 spiro atoms. The van der Waals surface area contributed by atoms with Crippen molar-refractivity contribution in [1.29, 1.82) is 0 Å². The van der Waals surface area contributed by atoms with Crippen molar-refractivity contribution in [3.63, 3.8) is 0 Å². The number of alkyl carbamates (subject to hydrolysis) is 1. The first-order valence-corrected chi connectivity index (χ1v) is 5.31. The number of benzene rings is 1. The fraction of sp³-hybridized carbons (Fsp3) is 0.273. The highest BCUT2D eigenvalue weighted by molar-refractivity contribution is 7.80. The number of para-hydroxylation sites is 1. The van der Waals surface area contributed by atoms with Crippen LogP contribution in [0.15, 0.2) is 30.3 Å². The Balaban J connectivity index is 2.75. The fourth-order valence-electron chi connectivity index (χ4n) is 1.26. The van der Waals surface area contributed by atoms with Crippen molar-refractivity contribution in [3.05, 3.63) is 30.3 Å². The largest absolute Gasteiger partial charge is 0.453 e. The second-order valence-corrected chi connectivity index (χ2v) is 3.39. The summed E-state index contributed by atoms with van der Waals surface area (Å²) in [6.45, 7) is 2.63. The molecule has 16 heavy (non-hydrogen) atoms. The highest BCUT2D eigenvalue weighted by atomic mass is 32.1. The fourth-order valence-corrected chi connectivity index (χ4v) is 1.58. The zero-order valence-electron chi connectivity index (χ0n) is 9.27. The lowest BCUT2D eigenvalue weighted by atomic mass is 10.3. The van der Waals surface area contributed by atoms with Crippen molar-refractivity contribution in [2.45, 2.75) is 6.92 Å². The second-order valence-electron chi connectivity index (χ2n) is 3.00. The van der Waals surface area contributed by atoms with Crippen LogP contribution in [-0.2, 0) is 4.74 Å². The van der Waals surface area contributed by atoms with Crippen molar-refractivity contribution in [2.75, 3.05) is 18.6 Å². The van der Waals surface area contributed by atoms with E-state index in [2.05, 4.69) is 10.1 Å². The van der Waals surface area contributed by atoms with Crippen LogP contribution in [0.5, 0.6) is 0 Å². The Labute approximate surface area is 100 Å². The van der Waals surface area contributed by atoms with Gasteiger partial charge in [0.2, 0.25) is 0 Å². The number of hydrogen-bond donors (Lipinski definition) is 1. The summed E-state index contributed by atoms with van der Waals surface area (Å²) in [6, 6.07) is 9.61. The van der Waals surface area contributed by atoms with E-state index in [0.29, 0.717) is 11.7 Å². The molecule has 0 aliphatic rings. The van der Waals surface area contributed by atoms with Crippen molar-refractivity contribution in [3.8, 4) is 0 Å². The smallest absolute Gasteiger partial charge is 0.413 e. The van der Waals surface area contributed by atoms with E-state index >= 15 is 0 Å². The van der Waals surface area contributed by atoms with Crippen LogP contribution in [0, 0.1) is 0 Å². The third kappa shape index (κ3) is 3.20. The first kappa shape index (κ1) is 12.4. The molecule has 0 aliphatic carbocycles. The molecule has 0 bridgehead atoms. The SMILES string of the molecule is CCN(C(=S)NC(=O)OC)c1ccccc1. The van der Waals surface area contributed by atoms with Crippen LogP contribution in [0.2, 0.25) is 0 Å². The Bertz CT molecular complexity index is 368. The Morgan fingerprint density at radius 1 is 1.44 bits per heavy atom. The number of ether oxygens (including phenoxy) is 1. The highest BCUT2D eigenvalue weighted by Crippen LogP contribution is 2.12. The molecular formula is C11H14N2O2S.